The zero-order valence-electron chi connectivity index (χ0n) is 11.7. The Labute approximate surface area is 142 Å². The molecule has 7 heteroatoms. The standard InChI is InChI=1S/C15H13Cl2NO3S/c1-21-15(20)13-3-2-12(22-13)14(19)18-5-4-9-6-10(16)8-11(17)7-9/h2-3,6-8H,4-5H2,1H3,(H,18,19). The van der Waals surface area contributed by atoms with Crippen molar-refractivity contribution in [1.29, 1.82) is 0 Å². The van der Waals surface area contributed by atoms with Crippen LogP contribution in [0.1, 0.15) is 24.9 Å². The van der Waals surface area contributed by atoms with Crippen LogP contribution in [0.2, 0.25) is 10.0 Å². The van der Waals surface area contributed by atoms with Crippen molar-refractivity contribution in [2.45, 2.75) is 6.42 Å². The fourth-order valence-corrected chi connectivity index (χ4v) is 3.24. The van der Waals surface area contributed by atoms with Gasteiger partial charge in [-0.25, -0.2) is 4.79 Å². The first kappa shape index (κ1) is 16.8. The molecule has 1 N–H and O–H groups in total. The van der Waals surface area contributed by atoms with E-state index in [4.69, 9.17) is 23.2 Å². The number of rotatable bonds is 5. The van der Waals surface area contributed by atoms with E-state index in [0.29, 0.717) is 32.8 Å². The monoisotopic (exact) mass is 357 g/mol. The molecule has 22 heavy (non-hydrogen) atoms. The number of hydrogen-bond donors (Lipinski definition) is 1. The highest BCUT2D eigenvalue weighted by Gasteiger charge is 2.13. The number of thiophene rings is 1. The maximum absolute atomic E-state index is 12.0. The molecule has 0 aliphatic carbocycles. The summed E-state index contributed by atoms with van der Waals surface area (Å²) >= 11 is 12.9. The number of halogens is 2. The van der Waals surface area contributed by atoms with Crippen LogP contribution in [0.25, 0.3) is 0 Å². The third kappa shape index (κ3) is 4.47. The molecule has 0 spiro atoms. The molecular formula is C15H13Cl2NO3S. The average Bonchev–Trinajstić information content (AvgIpc) is 2.95. The molecule has 2 aromatic rings. The van der Waals surface area contributed by atoms with Crippen LogP contribution in [0.4, 0.5) is 0 Å². The minimum Gasteiger partial charge on any atom is -0.465 e. The number of esters is 1. The zero-order valence-corrected chi connectivity index (χ0v) is 14.0. The lowest BCUT2D eigenvalue weighted by Gasteiger charge is -2.05. The number of nitrogens with one attached hydrogen (secondary N) is 1. The van der Waals surface area contributed by atoms with E-state index in [9.17, 15) is 9.59 Å². The molecule has 1 aromatic carbocycles. The maximum atomic E-state index is 12.0. The summed E-state index contributed by atoms with van der Waals surface area (Å²) in [6.07, 6.45) is 0.612. The molecule has 116 valence electrons. The van der Waals surface area contributed by atoms with E-state index >= 15 is 0 Å². The van der Waals surface area contributed by atoms with Crippen molar-refractivity contribution in [1.82, 2.24) is 5.32 Å². The van der Waals surface area contributed by atoms with Crippen LogP contribution in [-0.4, -0.2) is 25.5 Å². The van der Waals surface area contributed by atoms with Gasteiger partial charge in [-0.2, -0.15) is 0 Å². The van der Waals surface area contributed by atoms with E-state index in [-0.39, 0.29) is 5.91 Å². The highest BCUT2D eigenvalue weighted by Crippen LogP contribution is 2.19. The summed E-state index contributed by atoms with van der Waals surface area (Å²) in [6, 6.07) is 8.44. The molecule has 0 atom stereocenters. The quantitative estimate of drug-likeness (QED) is 0.827. The minimum absolute atomic E-state index is 0.228. The number of amides is 1. The molecular weight excluding hydrogens is 345 g/mol. The van der Waals surface area contributed by atoms with Gasteiger partial charge in [-0.05, 0) is 42.3 Å². The second-order valence-electron chi connectivity index (χ2n) is 4.44. The lowest BCUT2D eigenvalue weighted by Crippen LogP contribution is -2.24. The Balaban J connectivity index is 1.90. The Morgan fingerprint density at radius 3 is 2.41 bits per heavy atom. The Morgan fingerprint density at radius 2 is 1.77 bits per heavy atom. The molecule has 1 heterocycles. The first-order valence-electron chi connectivity index (χ1n) is 6.41. The molecule has 4 nitrogen and oxygen atoms in total. The van der Waals surface area contributed by atoms with E-state index < -0.39 is 5.97 Å². The zero-order chi connectivity index (χ0) is 16.1. The van der Waals surface area contributed by atoms with Gasteiger partial charge in [0.05, 0.1) is 12.0 Å². The van der Waals surface area contributed by atoms with Gasteiger partial charge in [0.25, 0.3) is 5.91 Å². The van der Waals surface area contributed by atoms with Crippen molar-refractivity contribution in [3.63, 3.8) is 0 Å². The van der Waals surface area contributed by atoms with Crippen LogP contribution in [0, 0.1) is 0 Å². The van der Waals surface area contributed by atoms with Gasteiger partial charge in [-0.1, -0.05) is 23.2 Å². The van der Waals surface area contributed by atoms with E-state index in [2.05, 4.69) is 10.1 Å². The molecule has 1 aromatic heterocycles. The van der Waals surface area contributed by atoms with Gasteiger partial charge in [0.2, 0.25) is 0 Å². The summed E-state index contributed by atoms with van der Waals surface area (Å²) in [5.74, 6) is -0.675. The fraction of sp³-hybridized carbons (Fsp3) is 0.200. The van der Waals surface area contributed by atoms with Crippen LogP contribution < -0.4 is 5.32 Å². The van der Waals surface area contributed by atoms with Gasteiger partial charge in [-0.15, -0.1) is 11.3 Å². The number of methoxy groups -OCH3 is 1. The van der Waals surface area contributed by atoms with Gasteiger partial charge in [0, 0.05) is 16.6 Å². The summed E-state index contributed by atoms with van der Waals surface area (Å²) in [4.78, 5) is 24.2. The molecule has 0 unspecified atom stereocenters. The summed E-state index contributed by atoms with van der Waals surface area (Å²) in [7, 11) is 1.30. The molecule has 0 aliphatic heterocycles. The minimum atomic E-state index is -0.447. The highest BCUT2D eigenvalue weighted by molar-refractivity contribution is 7.15. The Hall–Kier alpha value is -1.56. The van der Waals surface area contributed by atoms with Crippen LogP contribution in [-0.2, 0) is 11.2 Å². The number of benzene rings is 1. The lowest BCUT2D eigenvalue weighted by atomic mass is 10.1. The number of carbonyl (C=O) groups excluding carboxylic acids is 2. The Morgan fingerprint density at radius 1 is 1.14 bits per heavy atom. The summed E-state index contributed by atoms with van der Waals surface area (Å²) in [6.45, 7) is 0.445. The molecule has 0 bridgehead atoms. The molecule has 0 aliphatic rings. The van der Waals surface area contributed by atoms with E-state index in [0.717, 1.165) is 16.9 Å². The van der Waals surface area contributed by atoms with Crippen molar-refractivity contribution in [3.05, 3.63) is 55.7 Å². The molecule has 0 fully saturated rings. The van der Waals surface area contributed by atoms with Crippen molar-refractivity contribution in [3.8, 4) is 0 Å². The molecule has 0 saturated heterocycles. The van der Waals surface area contributed by atoms with Gasteiger partial charge in [-0.3, -0.25) is 4.79 Å². The molecule has 0 radical (unpaired) electrons. The fourth-order valence-electron chi connectivity index (χ4n) is 1.83. The topological polar surface area (TPSA) is 55.4 Å². The second kappa shape index (κ2) is 7.63. The smallest absolute Gasteiger partial charge is 0.348 e. The number of ether oxygens (including phenoxy) is 1. The van der Waals surface area contributed by atoms with Gasteiger partial charge < -0.3 is 10.1 Å². The maximum Gasteiger partial charge on any atom is 0.348 e. The van der Waals surface area contributed by atoms with Gasteiger partial charge in [0.1, 0.15) is 4.88 Å². The van der Waals surface area contributed by atoms with Crippen LogP contribution in [0.15, 0.2) is 30.3 Å². The summed E-state index contributed by atoms with van der Waals surface area (Å²) < 4.78 is 4.61. The van der Waals surface area contributed by atoms with Crippen molar-refractivity contribution >= 4 is 46.4 Å². The summed E-state index contributed by atoms with van der Waals surface area (Å²) in [5, 5.41) is 3.92. The Bertz CT molecular complexity index is 680. The van der Waals surface area contributed by atoms with Crippen molar-refractivity contribution < 1.29 is 14.3 Å². The SMILES string of the molecule is COC(=O)c1ccc(C(=O)NCCc2cc(Cl)cc(Cl)c2)s1. The second-order valence-corrected chi connectivity index (χ2v) is 6.40. The first-order chi connectivity index (χ1) is 10.5. The van der Waals surface area contributed by atoms with E-state index in [1.54, 1.807) is 30.3 Å². The summed E-state index contributed by atoms with van der Waals surface area (Å²) in [5.41, 5.74) is 0.944. The van der Waals surface area contributed by atoms with Gasteiger partial charge in [0.15, 0.2) is 0 Å². The predicted molar refractivity (Wildman–Crippen MR) is 88.2 cm³/mol. The van der Waals surface area contributed by atoms with E-state index in [1.807, 2.05) is 0 Å². The molecule has 1 amide bonds. The van der Waals surface area contributed by atoms with Crippen molar-refractivity contribution in [2.75, 3.05) is 13.7 Å². The number of hydrogen-bond acceptors (Lipinski definition) is 4. The average molecular weight is 358 g/mol. The van der Waals surface area contributed by atoms with Crippen LogP contribution in [0.3, 0.4) is 0 Å². The third-order valence-corrected chi connectivity index (χ3v) is 4.34. The predicted octanol–water partition coefficient (Wildman–Crippen LogP) is 3.81. The first-order valence-corrected chi connectivity index (χ1v) is 7.98. The van der Waals surface area contributed by atoms with Gasteiger partial charge >= 0.3 is 5.97 Å². The number of carbonyl (C=O) groups is 2. The van der Waals surface area contributed by atoms with Crippen molar-refractivity contribution in [2.24, 2.45) is 0 Å². The van der Waals surface area contributed by atoms with Crippen LogP contribution >= 0.6 is 34.5 Å². The van der Waals surface area contributed by atoms with E-state index in [1.165, 1.54) is 7.11 Å². The largest absolute Gasteiger partial charge is 0.465 e. The highest BCUT2D eigenvalue weighted by atomic mass is 35.5. The third-order valence-electron chi connectivity index (χ3n) is 2.84. The van der Waals surface area contributed by atoms with Crippen LogP contribution in [0.5, 0.6) is 0 Å². The molecule has 2 rings (SSSR count). The Kier molecular flexibility index (Phi) is 5.83. The molecule has 0 saturated carbocycles. The normalized spacial score (nSPS) is 10.3. The lowest BCUT2D eigenvalue weighted by molar-refractivity contribution is 0.0606.